The molecule has 0 aliphatic carbocycles. The van der Waals surface area contributed by atoms with Crippen LogP contribution in [0, 0.1) is 0 Å². The third kappa shape index (κ3) is 2.46. The summed E-state index contributed by atoms with van der Waals surface area (Å²) in [6.07, 6.45) is 1.27. The molecule has 0 fully saturated rings. The number of hydrogen-bond donors (Lipinski definition) is 1. The summed E-state index contributed by atoms with van der Waals surface area (Å²) in [5.74, 6) is -0.353. The highest BCUT2D eigenvalue weighted by Crippen LogP contribution is 2.31. The predicted molar refractivity (Wildman–Crippen MR) is 83.5 cm³/mol. The van der Waals surface area contributed by atoms with Crippen LogP contribution in [0.4, 0.5) is 0 Å². The van der Waals surface area contributed by atoms with E-state index in [9.17, 15) is 9.59 Å². The van der Waals surface area contributed by atoms with Gasteiger partial charge in [-0.25, -0.2) is 4.98 Å². The van der Waals surface area contributed by atoms with E-state index < -0.39 is 12.5 Å². The highest BCUT2D eigenvalue weighted by atomic mass is 32.1. The van der Waals surface area contributed by atoms with Crippen LogP contribution in [0.15, 0.2) is 40.8 Å². The molecule has 0 saturated carbocycles. The summed E-state index contributed by atoms with van der Waals surface area (Å²) in [6.45, 7) is -0.403. The van der Waals surface area contributed by atoms with Crippen LogP contribution in [0.2, 0.25) is 0 Å². The summed E-state index contributed by atoms with van der Waals surface area (Å²) in [5.41, 5.74) is 1.26. The van der Waals surface area contributed by atoms with Crippen molar-refractivity contribution in [3.8, 4) is 16.9 Å². The SMILES string of the molecule is COc1ccc(-c2csc3ncn(CC(=O)O)c(=O)c23)cc1. The molecule has 0 amide bonds. The lowest BCUT2D eigenvalue weighted by molar-refractivity contribution is -0.137. The first-order valence-electron chi connectivity index (χ1n) is 6.43. The number of methoxy groups -OCH3 is 1. The van der Waals surface area contributed by atoms with Gasteiger partial charge in [-0.1, -0.05) is 12.1 Å². The first-order chi connectivity index (χ1) is 10.6. The van der Waals surface area contributed by atoms with Crippen molar-refractivity contribution in [3.63, 3.8) is 0 Å². The van der Waals surface area contributed by atoms with Crippen molar-refractivity contribution < 1.29 is 14.6 Å². The van der Waals surface area contributed by atoms with Crippen LogP contribution in [0.1, 0.15) is 0 Å². The van der Waals surface area contributed by atoms with Crippen LogP contribution in [-0.4, -0.2) is 27.7 Å². The molecule has 0 unspecified atom stereocenters. The van der Waals surface area contributed by atoms with Gasteiger partial charge in [-0.3, -0.25) is 14.2 Å². The zero-order chi connectivity index (χ0) is 15.7. The van der Waals surface area contributed by atoms with E-state index in [-0.39, 0.29) is 5.56 Å². The van der Waals surface area contributed by atoms with Crippen LogP contribution in [0.3, 0.4) is 0 Å². The molecule has 2 aromatic heterocycles. The first-order valence-corrected chi connectivity index (χ1v) is 7.31. The number of nitrogens with zero attached hydrogens (tertiary/aromatic N) is 2. The van der Waals surface area contributed by atoms with Crippen molar-refractivity contribution in [3.05, 3.63) is 46.3 Å². The van der Waals surface area contributed by atoms with E-state index >= 15 is 0 Å². The second-order valence-electron chi connectivity index (χ2n) is 4.63. The smallest absolute Gasteiger partial charge is 0.323 e. The van der Waals surface area contributed by atoms with Crippen molar-refractivity contribution in [2.75, 3.05) is 7.11 Å². The van der Waals surface area contributed by atoms with Crippen LogP contribution in [0.25, 0.3) is 21.3 Å². The van der Waals surface area contributed by atoms with E-state index in [0.717, 1.165) is 21.4 Å². The number of aliphatic carboxylic acids is 1. The minimum Gasteiger partial charge on any atom is -0.497 e. The Labute approximate surface area is 129 Å². The molecule has 0 spiro atoms. The fraction of sp³-hybridized carbons (Fsp3) is 0.133. The lowest BCUT2D eigenvalue weighted by atomic mass is 10.1. The van der Waals surface area contributed by atoms with Crippen molar-refractivity contribution in [1.82, 2.24) is 9.55 Å². The summed E-state index contributed by atoms with van der Waals surface area (Å²) < 4.78 is 6.22. The van der Waals surface area contributed by atoms with Crippen LogP contribution in [0.5, 0.6) is 5.75 Å². The van der Waals surface area contributed by atoms with E-state index in [0.29, 0.717) is 10.2 Å². The first kappa shape index (κ1) is 14.3. The molecule has 6 nitrogen and oxygen atoms in total. The number of aromatic nitrogens is 2. The van der Waals surface area contributed by atoms with Gasteiger partial charge in [0.1, 0.15) is 17.1 Å². The van der Waals surface area contributed by atoms with Gasteiger partial charge in [-0.15, -0.1) is 11.3 Å². The van der Waals surface area contributed by atoms with Gasteiger partial charge in [0.25, 0.3) is 5.56 Å². The fourth-order valence-electron chi connectivity index (χ4n) is 2.21. The van der Waals surface area contributed by atoms with Gasteiger partial charge >= 0.3 is 5.97 Å². The molecule has 0 aliphatic heterocycles. The molecule has 3 aromatic rings. The average Bonchev–Trinajstić information content (AvgIpc) is 2.94. The van der Waals surface area contributed by atoms with Crippen molar-refractivity contribution in [2.24, 2.45) is 0 Å². The zero-order valence-electron chi connectivity index (χ0n) is 11.6. The molecule has 0 radical (unpaired) electrons. The van der Waals surface area contributed by atoms with E-state index in [4.69, 9.17) is 9.84 Å². The molecular weight excluding hydrogens is 304 g/mol. The Morgan fingerprint density at radius 3 is 2.73 bits per heavy atom. The monoisotopic (exact) mass is 316 g/mol. The normalized spacial score (nSPS) is 10.8. The third-order valence-corrected chi connectivity index (χ3v) is 4.15. The summed E-state index contributed by atoms with van der Waals surface area (Å²) in [4.78, 5) is 28.1. The van der Waals surface area contributed by atoms with E-state index in [1.54, 1.807) is 7.11 Å². The highest BCUT2D eigenvalue weighted by Gasteiger charge is 2.14. The maximum Gasteiger partial charge on any atom is 0.323 e. The highest BCUT2D eigenvalue weighted by molar-refractivity contribution is 7.17. The average molecular weight is 316 g/mol. The number of hydrogen-bond acceptors (Lipinski definition) is 5. The molecule has 22 heavy (non-hydrogen) atoms. The third-order valence-electron chi connectivity index (χ3n) is 3.27. The maximum absolute atomic E-state index is 12.5. The van der Waals surface area contributed by atoms with Crippen molar-refractivity contribution in [2.45, 2.75) is 6.54 Å². The standard InChI is InChI=1S/C15H12N2O4S/c1-21-10-4-2-9(3-5-10)11-7-22-14-13(11)15(20)17(8-16-14)6-12(18)19/h2-5,7-8H,6H2,1H3,(H,18,19). The summed E-state index contributed by atoms with van der Waals surface area (Å²) in [6, 6.07) is 7.33. The Balaban J connectivity index is 2.17. The quantitative estimate of drug-likeness (QED) is 0.798. The van der Waals surface area contributed by atoms with Gasteiger partial charge in [0.15, 0.2) is 0 Å². The summed E-state index contributed by atoms with van der Waals surface area (Å²) >= 11 is 1.36. The van der Waals surface area contributed by atoms with E-state index in [2.05, 4.69) is 4.98 Å². The number of fused-ring (bicyclic) bond motifs is 1. The Morgan fingerprint density at radius 1 is 1.36 bits per heavy atom. The van der Waals surface area contributed by atoms with Crippen LogP contribution >= 0.6 is 11.3 Å². The number of carbonyl (C=O) groups is 1. The van der Waals surface area contributed by atoms with Gasteiger partial charge < -0.3 is 9.84 Å². The topological polar surface area (TPSA) is 81.4 Å². The number of benzene rings is 1. The lowest BCUT2D eigenvalue weighted by Gasteiger charge is -2.04. The molecule has 0 bridgehead atoms. The van der Waals surface area contributed by atoms with Crippen LogP contribution in [-0.2, 0) is 11.3 Å². The minimum absolute atomic E-state index is 0.348. The molecule has 0 saturated heterocycles. The molecule has 0 atom stereocenters. The molecule has 3 rings (SSSR count). The molecule has 1 aromatic carbocycles. The summed E-state index contributed by atoms with van der Waals surface area (Å²) in [7, 11) is 1.59. The molecular formula is C15H12N2O4S. The van der Waals surface area contributed by atoms with Crippen molar-refractivity contribution in [1.29, 1.82) is 0 Å². The largest absolute Gasteiger partial charge is 0.497 e. The number of thiophene rings is 1. The number of carboxylic acids is 1. The Morgan fingerprint density at radius 2 is 2.09 bits per heavy atom. The van der Waals surface area contributed by atoms with Gasteiger partial charge in [0.2, 0.25) is 0 Å². The predicted octanol–water partition coefficient (Wildman–Crippen LogP) is 2.22. The fourth-order valence-corrected chi connectivity index (χ4v) is 3.12. The van der Waals surface area contributed by atoms with Gasteiger partial charge in [-0.05, 0) is 17.7 Å². The number of carboxylic acid groups (broad SMARTS) is 1. The molecule has 2 heterocycles. The van der Waals surface area contributed by atoms with E-state index in [1.807, 2.05) is 29.6 Å². The van der Waals surface area contributed by atoms with E-state index in [1.165, 1.54) is 17.7 Å². The van der Waals surface area contributed by atoms with Gasteiger partial charge in [0, 0.05) is 10.9 Å². The van der Waals surface area contributed by atoms with Crippen molar-refractivity contribution >= 4 is 27.5 Å². The number of rotatable bonds is 4. The molecule has 7 heteroatoms. The Hall–Kier alpha value is -2.67. The Kier molecular flexibility index (Phi) is 3.64. The zero-order valence-corrected chi connectivity index (χ0v) is 12.5. The number of ether oxygens (including phenoxy) is 1. The second kappa shape index (κ2) is 5.61. The maximum atomic E-state index is 12.5. The lowest BCUT2D eigenvalue weighted by Crippen LogP contribution is -2.24. The summed E-state index contributed by atoms with van der Waals surface area (Å²) in [5, 5.41) is 11.2. The van der Waals surface area contributed by atoms with Crippen LogP contribution < -0.4 is 10.3 Å². The molecule has 1 N–H and O–H groups in total. The molecule has 112 valence electrons. The van der Waals surface area contributed by atoms with Gasteiger partial charge in [-0.2, -0.15) is 0 Å². The minimum atomic E-state index is -1.08. The second-order valence-corrected chi connectivity index (χ2v) is 5.49. The van der Waals surface area contributed by atoms with Gasteiger partial charge in [0.05, 0.1) is 18.8 Å². The molecule has 0 aliphatic rings. The Bertz CT molecular complexity index is 896.